The van der Waals surface area contributed by atoms with Crippen LogP contribution in [-0.2, 0) is 0 Å². The second kappa shape index (κ2) is 3.77. The molecule has 1 fully saturated rings. The first-order valence-electron chi connectivity index (χ1n) is 4.25. The molecule has 0 saturated carbocycles. The average molecular weight is 139 g/mol. The minimum Gasteiger partial charge on any atom is -0.310 e. The molecule has 1 atom stereocenters. The summed E-state index contributed by atoms with van der Waals surface area (Å²) < 4.78 is 0. The van der Waals surface area contributed by atoms with E-state index in [2.05, 4.69) is 18.8 Å². The summed E-state index contributed by atoms with van der Waals surface area (Å²) in [4.78, 5) is 0. The maximum absolute atomic E-state index is 4.03. The quantitative estimate of drug-likeness (QED) is 0.578. The van der Waals surface area contributed by atoms with Crippen molar-refractivity contribution in [2.75, 3.05) is 6.54 Å². The van der Waals surface area contributed by atoms with Gasteiger partial charge in [-0.2, -0.15) is 0 Å². The van der Waals surface area contributed by atoms with E-state index in [-0.39, 0.29) is 0 Å². The van der Waals surface area contributed by atoms with E-state index in [1.807, 2.05) is 0 Å². The molecule has 0 radical (unpaired) electrons. The molecule has 0 bridgehead atoms. The molecule has 0 aliphatic carbocycles. The number of piperidine rings is 1. The fraction of sp³-hybridized carbons (Fsp3) is 0.778. The first kappa shape index (κ1) is 7.80. The van der Waals surface area contributed by atoms with Crippen molar-refractivity contribution in [3.05, 3.63) is 12.2 Å². The Hall–Kier alpha value is -0.300. The molecule has 1 aliphatic rings. The number of rotatable bonds is 2. The van der Waals surface area contributed by atoms with Crippen LogP contribution in [0.3, 0.4) is 0 Å². The summed E-state index contributed by atoms with van der Waals surface area (Å²) in [5.74, 6) is 0. The Labute approximate surface area is 63.5 Å². The molecule has 0 spiro atoms. The van der Waals surface area contributed by atoms with Gasteiger partial charge in [-0.05, 0) is 25.8 Å². The zero-order chi connectivity index (χ0) is 7.40. The van der Waals surface area contributed by atoms with Crippen LogP contribution in [0.1, 0.15) is 32.6 Å². The molecule has 1 rings (SSSR count). The molecule has 0 amide bonds. The van der Waals surface area contributed by atoms with Crippen molar-refractivity contribution in [1.29, 1.82) is 0 Å². The van der Waals surface area contributed by atoms with Crippen LogP contribution < -0.4 is 5.32 Å². The summed E-state index contributed by atoms with van der Waals surface area (Å²) in [6.07, 6.45) is 5.13. The van der Waals surface area contributed by atoms with Gasteiger partial charge in [0.25, 0.3) is 0 Å². The smallest absolute Gasteiger partial charge is 0.0276 e. The fourth-order valence-electron chi connectivity index (χ4n) is 1.45. The lowest BCUT2D eigenvalue weighted by molar-refractivity contribution is 0.435. The van der Waals surface area contributed by atoms with Crippen LogP contribution in [0.5, 0.6) is 0 Å². The SMILES string of the molecule is C=C(CC)[C@@H]1CCCCN1. The van der Waals surface area contributed by atoms with Crippen molar-refractivity contribution >= 4 is 0 Å². The molecule has 1 heterocycles. The summed E-state index contributed by atoms with van der Waals surface area (Å²) in [6.45, 7) is 7.40. The number of hydrogen-bond donors (Lipinski definition) is 1. The maximum Gasteiger partial charge on any atom is 0.0276 e. The minimum atomic E-state index is 0.624. The lowest BCUT2D eigenvalue weighted by atomic mass is 9.97. The van der Waals surface area contributed by atoms with Crippen LogP contribution in [0.2, 0.25) is 0 Å². The molecular formula is C9H17N. The first-order chi connectivity index (χ1) is 4.84. The molecule has 1 aliphatic heterocycles. The Morgan fingerprint density at radius 3 is 2.90 bits per heavy atom. The summed E-state index contributed by atoms with van der Waals surface area (Å²) >= 11 is 0. The van der Waals surface area contributed by atoms with Gasteiger partial charge in [-0.15, -0.1) is 0 Å². The predicted octanol–water partition coefficient (Wildman–Crippen LogP) is 2.09. The van der Waals surface area contributed by atoms with Gasteiger partial charge in [0.05, 0.1) is 0 Å². The summed E-state index contributed by atoms with van der Waals surface area (Å²) in [7, 11) is 0. The largest absolute Gasteiger partial charge is 0.310 e. The standard InChI is InChI=1S/C9H17N/c1-3-8(2)9-6-4-5-7-10-9/h9-10H,2-7H2,1H3/t9-/m0/s1. The Morgan fingerprint density at radius 1 is 1.60 bits per heavy atom. The van der Waals surface area contributed by atoms with E-state index in [0.717, 1.165) is 6.42 Å². The highest BCUT2D eigenvalue weighted by atomic mass is 14.9. The summed E-state index contributed by atoms with van der Waals surface area (Å²) in [5.41, 5.74) is 1.37. The normalized spacial score (nSPS) is 26.3. The van der Waals surface area contributed by atoms with E-state index in [0.29, 0.717) is 6.04 Å². The van der Waals surface area contributed by atoms with Crippen molar-refractivity contribution in [2.45, 2.75) is 38.6 Å². The van der Waals surface area contributed by atoms with Gasteiger partial charge in [-0.1, -0.05) is 25.5 Å². The van der Waals surface area contributed by atoms with E-state index in [9.17, 15) is 0 Å². The van der Waals surface area contributed by atoms with Crippen molar-refractivity contribution in [3.8, 4) is 0 Å². The Bertz CT molecular complexity index is 112. The lowest BCUT2D eigenvalue weighted by Crippen LogP contribution is -2.34. The zero-order valence-corrected chi connectivity index (χ0v) is 6.82. The van der Waals surface area contributed by atoms with E-state index in [4.69, 9.17) is 0 Å². The van der Waals surface area contributed by atoms with Crippen LogP contribution in [0.4, 0.5) is 0 Å². The van der Waals surface area contributed by atoms with Gasteiger partial charge in [0.2, 0.25) is 0 Å². The van der Waals surface area contributed by atoms with Crippen LogP contribution in [0.25, 0.3) is 0 Å². The fourth-order valence-corrected chi connectivity index (χ4v) is 1.45. The maximum atomic E-state index is 4.03. The van der Waals surface area contributed by atoms with Crippen molar-refractivity contribution < 1.29 is 0 Å². The van der Waals surface area contributed by atoms with Gasteiger partial charge >= 0.3 is 0 Å². The molecular weight excluding hydrogens is 122 g/mol. The van der Waals surface area contributed by atoms with E-state index in [1.165, 1.54) is 31.4 Å². The topological polar surface area (TPSA) is 12.0 Å². The predicted molar refractivity (Wildman–Crippen MR) is 45.1 cm³/mol. The first-order valence-corrected chi connectivity index (χ1v) is 4.25. The number of hydrogen-bond acceptors (Lipinski definition) is 1. The third kappa shape index (κ3) is 1.84. The molecule has 10 heavy (non-hydrogen) atoms. The summed E-state index contributed by atoms with van der Waals surface area (Å²) in [5, 5.41) is 3.47. The van der Waals surface area contributed by atoms with E-state index >= 15 is 0 Å². The Morgan fingerprint density at radius 2 is 2.40 bits per heavy atom. The second-order valence-electron chi connectivity index (χ2n) is 3.01. The van der Waals surface area contributed by atoms with Crippen LogP contribution >= 0.6 is 0 Å². The molecule has 1 nitrogen and oxygen atoms in total. The van der Waals surface area contributed by atoms with E-state index in [1.54, 1.807) is 0 Å². The molecule has 0 aromatic rings. The van der Waals surface area contributed by atoms with Gasteiger partial charge in [-0.25, -0.2) is 0 Å². The van der Waals surface area contributed by atoms with Crippen LogP contribution in [0, 0.1) is 0 Å². The van der Waals surface area contributed by atoms with Gasteiger partial charge in [0.1, 0.15) is 0 Å². The Kier molecular flexibility index (Phi) is 2.94. The van der Waals surface area contributed by atoms with Gasteiger partial charge in [0.15, 0.2) is 0 Å². The Balaban J connectivity index is 2.31. The van der Waals surface area contributed by atoms with Gasteiger partial charge in [-0.3, -0.25) is 0 Å². The van der Waals surface area contributed by atoms with E-state index < -0.39 is 0 Å². The molecule has 0 unspecified atom stereocenters. The lowest BCUT2D eigenvalue weighted by Gasteiger charge is -2.24. The van der Waals surface area contributed by atoms with Crippen LogP contribution in [0.15, 0.2) is 12.2 Å². The molecule has 58 valence electrons. The molecule has 1 saturated heterocycles. The molecule has 0 aromatic heterocycles. The van der Waals surface area contributed by atoms with Crippen molar-refractivity contribution in [1.82, 2.24) is 5.32 Å². The molecule has 0 aromatic carbocycles. The molecule has 1 N–H and O–H groups in total. The summed E-state index contributed by atoms with van der Waals surface area (Å²) in [6, 6.07) is 0.624. The third-order valence-corrected chi connectivity index (χ3v) is 2.26. The monoisotopic (exact) mass is 139 g/mol. The number of nitrogens with one attached hydrogen (secondary N) is 1. The highest BCUT2D eigenvalue weighted by molar-refractivity contribution is 5.05. The van der Waals surface area contributed by atoms with Gasteiger partial charge in [0, 0.05) is 6.04 Å². The highest BCUT2D eigenvalue weighted by Gasteiger charge is 2.13. The average Bonchev–Trinajstić information content (AvgIpc) is 2.05. The highest BCUT2D eigenvalue weighted by Crippen LogP contribution is 2.14. The minimum absolute atomic E-state index is 0.624. The van der Waals surface area contributed by atoms with Gasteiger partial charge < -0.3 is 5.32 Å². The van der Waals surface area contributed by atoms with Crippen LogP contribution in [-0.4, -0.2) is 12.6 Å². The zero-order valence-electron chi connectivity index (χ0n) is 6.82. The third-order valence-electron chi connectivity index (χ3n) is 2.26. The van der Waals surface area contributed by atoms with Crippen molar-refractivity contribution in [2.24, 2.45) is 0 Å². The molecule has 1 heteroatoms. The van der Waals surface area contributed by atoms with Crippen molar-refractivity contribution in [3.63, 3.8) is 0 Å². The second-order valence-corrected chi connectivity index (χ2v) is 3.01.